The molecule has 2 unspecified atom stereocenters. The Labute approximate surface area is 162 Å². The van der Waals surface area contributed by atoms with Crippen molar-refractivity contribution < 1.29 is 19.0 Å². The van der Waals surface area contributed by atoms with Gasteiger partial charge in [0.25, 0.3) is 0 Å². The Balaban J connectivity index is 1.89. The molecule has 1 aliphatic carbocycles. The Kier molecular flexibility index (Phi) is 7.40. The number of rotatable bonds is 10. The Morgan fingerprint density at radius 3 is 2.70 bits per heavy atom. The number of nitrogens with one attached hydrogen (secondary N) is 1. The first-order valence-electron chi connectivity index (χ1n) is 9.71. The topological polar surface area (TPSA) is 82.8 Å². The zero-order valence-electron chi connectivity index (χ0n) is 17.2. The van der Waals surface area contributed by atoms with Crippen LogP contribution in [0.25, 0.3) is 0 Å². The number of benzene rings is 1. The number of hydrogen-bond donors (Lipinski definition) is 2. The second kappa shape index (κ2) is 9.15. The van der Waals surface area contributed by atoms with Crippen LogP contribution in [0.15, 0.2) is 24.3 Å². The molecule has 1 fully saturated rings. The van der Waals surface area contributed by atoms with E-state index in [1.807, 2.05) is 58.9 Å². The van der Waals surface area contributed by atoms with E-state index < -0.39 is 11.0 Å². The largest absolute Gasteiger partial charge is 0.378 e. The summed E-state index contributed by atoms with van der Waals surface area (Å²) in [5.41, 5.74) is 6.80. The molecular weight excluding hydrogens is 344 g/mol. The summed E-state index contributed by atoms with van der Waals surface area (Å²) in [4.78, 5) is 12.8. The third kappa shape index (κ3) is 5.08. The van der Waals surface area contributed by atoms with Crippen molar-refractivity contribution in [3.63, 3.8) is 0 Å². The van der Waals surface area contributed by atoms with Crippen molar-refractivity contribution in [1.29, 1.82) is 0 Å². The van der Waals surface area contributed by atoms with Gasteiger partial charge >= 0.3 is 0 Å². The van der Waals surface area contributed by atoms with E-state index in [0.29, 0.717) is 32.8 Å². The highest BCUT2D eigenvalue weighted by molar-refractivity contribution is 5.99. The molecule has 1 aromatic rings. The predicted molar refractivity (Wildman–Crippen MR) is 107 cm³/mol. The first-order chi connectivity index (χ1) is 12.7. The lowest BCUT2D eigenvalue weighted by molar-refractivity contribution is -0.166. The molecule has 0 radical (unpaired) electrons. The first kappa shape index (κ1) is 21.8. The minimum atomic E-state index is -0.937. The zero-order valence-corrected chi connectivity index (χ0v) is 17.2. The van der Waals surface area contributed by atoms with Gasteiger partial charge < -0.3 is 25.3 Å². The molecule has 2 atom stereocenters. The summed E-state index contributed by atoms with van der Waals surface area (Å²) in [6, 6.07) is 7.64. The van der Waals surface area contributed by atoms with Crippen molar-refractivity contribution >= 4 is 11.6 Å². The van der Waals surface area contributed by atoms with Gasteiger partial charge in [-0.1, -0.05) is 26.0 Å². The molecule has 1 aliphatic rings. The van der Waals surface area contributed by atoms with E-state index in [1.165, 1.54) is 0 Å². The van der Waals surface area contributed by atoms with E-state index in [0.717, 1.165) is 11.3 Å². The standard InChI is InChI=1S/C21H34N2O4/c1-6-26-18-13-21(22,20(18,4)5)19(24)23-17-9-7-8-16(12-17)14-25-10-11-27-15(2)3/h7-9,12,15,18H,6,10-11,13-14,22H2,1-5H3,(H,23,24). The first-order valence-corrected chi connectivity index (χ1v) is 9.71. The number of carbonyl (C=O) groups is 1. The maximum atomic E-state index is 12.8. The highest BCUT2D eigenvalue weighted by Gasteiger charge is 2.62. The van der Waals surface area contributed by atoms with E-state index in [4.69, 9.17) is 19.9 Å². The highest BCUT2D eigenvalue weighted by Crippen LogP contribution is 2.50. The molecule has 2 rings (SSSR count). The van der Waals surface area contributed by atoms with Crippen LogP contribution in [0.5, 0.6) is 0 Å². The number of amides is 1. The highest BCUT2D eigenvalue weighted by atomic mass is 16.5. The molecule has 6 heteroatoms. The van der Waals surface area contributed by atoms with Crippen molar-refractivity contribution in [1.82, 2.24) is 0 Å². The van der Waals surface area contributed by atoms with E-state index in [9.17, 15) is 4.79 Å². The third-order valence-electron chi connectivity index (χ3n) is 5.37. The van der Waals surface area contributed by atoms with Gasteiger partial charge in [-0.15, -0.1) is 0 Å². The molecule has 0 aromatic heterocycles. The van der Waals surface area contributed by atoms with Crippen LogP contribution in [-0.4, -0.2) is 43.5 Å². The second-order valence-electron chi connectivity index (χ2n) is 7.97. The van der Waals surface area contributed by atoms with Crippen LogP contribution in [0.1, 0.15) is 46.6 Å². The minimum Gasteiger partial charge on any atom is -0.378 e. The molecule has 0 aliphatic heterocycles. The molecule has 0 heterocycles. The Hall–Kier alpha value is -1.47. The lowest BCUT2D eigenvalue weighted by Crippen LogP contribution is -2.74. The van der Waals surface area contributed by atoms with Crippen LogP contribution in [0, 0.1) is 5.41 Å². The number of ether oxygens (including phenoxy) is 3. The molecule has 3 N–H and O–H groups in total. The monoisotopic (exact) mass is 378 g/mol. The lowest BCUT2D eigenvalue weighted by atomic mass is 9.54. The molecular formula is C21H34N2O4. The van der Waals surface area contributed by atoms with Crippen LogP contribution in [0.2, 0.25) is 0 Å². The van der Waals surface area contributed by atoms with E-state index in [1.54, 1.807) is 0 Å². The summed E-state index contributed by atoms with van der Waals surface area (Å²) in [6.07, 6.45) is 0.734. The summed E-state index contributed by atoms with van der Waals surface area (Å²) in [5, 5.41) is 2.96. The van der Waals surface area contributed by atoms with Gasteiger partial charge in [0, 0.05) is 24.1 Å². The Morgan fingerprint density at radius 1 is 1.33 bits per heavy atom. The fraction of sp³-hybridized carbons (Fsp3) is 0.667. The quantitative estimate of drug-likeness (QED) is 0.611. The van der Waals surface area contributed by atoms with Gasteiger partial charge in [0.15, 0.2) is 0 Å². The lowest BCUT2D eigenvalue weighted by Gasteiger charge is -2.57. The summed E-state index contributed by atoms with van der Waals surface area (Å²) in [5.74, 6) is -0.174. The van der Waals surface area contributed by atoms with Crippen LogP contribution in [0.4, 0.5) is 5.69 Å². The van der Waals surface area contributed by atoms with Crippen molar-refractivity contribution in [2.75, 3.05) is 25.1 Å². The average molecular weight is 379 g/mol. The Bertz CT molecular complexity index is 632. The minimum absolute atomic E-state index is 0.00559. The summed E-state index contributed by atoms with van der Waals surface area (Å²) < 4.78 is 16.8. The number of hydrogen-bond acceptors (Lipinski definition) is 5. The molecule has 0 spiro atoms. The number of carbonyl (C=O) groups excluding carboxylic acids is 1. The molecule has 1 amide bonds. The van der Waals surface area contributed by atoms with Gasteiger partial charge in [-0.3, -0.25) is 4.79 Å². The summed E-state index contributed by atoms with van der Waals surface area (Å²) >= 11 is 0. The van der Waals surface area contributed by atoms with Gasteiger partial charge in [-0.2, -0.15) is 0 Å². The molecule has 27 heavy (non-hydrogen) atoms. The fourth-order valence-electron chi connectivity index (χ4n) is 3.33. The van der Waals surface area contributed by atoms with Gasteiger partial charge in [-0.25, -0.2) is 0 Å². The Morgan fingerprint density at radius 2 is 2.07 bits per heavy atom. The average Bonchev–Trinajstić information content (AvgIpc) is 2.61. The van der Waals surface area contributed by atoms with Crippen molar-refractivity contribution in [2.45, 2.75) is 65.4 Å². The van der Waals surface area contributed by atoms with Crippen LogP contribution < -0.4 is 11.1 Å². The van der Waals surface area contributed by atoms with Gasteiger partial charge in [-0.05, 0) is 38.5 Å². The third-order valence-corrected chi connectivity index (χ3v) is 5.37. The predicted octanol–water partition coefficient (Wildman–Crippen LogP) is 3.10. The fourth-order valence-corrected chi connectivity index (χ4v) is 3.33. The van der Waals surface area contributed by atoms with E-state index in [2.05, 4.69) is 5.32 Å². The van der Waals surface area contributed by atoms with E-state index >= 15 is 0 Å². The maximum Gasteiger partial charge on any atom is 0.245 e. The smallest absolute Gasteiger partial charge is 0.245 e. The summed E-state index contributed by atoms with van der Waals surface area (Å²) in [7, 11) is 0. The SMILES string of the molecule is CCOC1CC(N)(C(=O)Nc2cccc(COCCOC(C)C)c2)C1(C)C. The van der Waals surface area contributed by atoms with Gasteiger partial charge in [0.05, 0.1) is 32.0 Å². The maximum absolute atomic E-state index is 12.8. The number of anilines is 1. The molecule has 0 saturated heterocycles. The molecule has 1 aromatic carbocycles. The molecule has 152 valence electrons. The normalized spacial score (nSPS) is 23.9. The number of nitrogens with two attached hydrogens (primary N) is 1. The van der Waals surface area contributed by atoms with Gasteiger partial charge in [0.2, 0.25) is 5.91 Å². The molecule has 6 nitrogen and oxygen atoms in total. The van der Waals surface area contributed by atoms with Crippen LogP contribution >= 0.6 is 0 Å². The van der Waals surface area contributed by atoms with Gasteiger partial charge in [0.1, 0.15) is 5.54 Å². The zero-order chi connectivity index (χ0) is 20.1. The van der Waals surface area contributed by atoms with Crippen molar-refractivity contribution in [3.05, 3.63) is 29.8 Å². The van der Waals surface area contributed by atoms with Crippen molar-refractivity contribution in [2.24, 2.45) is 11.1 Å². The van der Waals surface area contributed by atoms with Crippen molar-refractivity contribution in [3.8, 4) is 0 Å². The molecule has 0 bridgehead atoms. The summed E-state index contributed by atoms with van der Waals surface area (Å²) in [6.45, 7) is 12.1. The van der Waals surface area contributed by atoms with Crippen LogP contribution in [-0.2, 0) is 25.6 Å². The van der Waals surface area contributed by atoms with E-state index in [-0.39, 0.29) is 18.1 Å². The molecule has 1 saturated carbocycles. The second-order valence-corrected chi connectivity index (χ2v) is 7.97. The van der Waals surface area contributed by atoms with Crippen LogP contribution in [0.3, 0.4) is 0 Å².